The Morgan fingerprint density at radius 2 is 1.81 bits per heavy atom. The maximum absolute atomic E-state index is 12.1. The Morgan fingerprint density at radius 1 is 1.14 bits per heavy atom. The van der Waals surface area contributed by atoms with Crippen LogP contribution in [-0.4, -0.2) is 17.3 Å². The summed E-state index contributed by atoms with van der Waals surface area (Å²) in [5.41, 5.74) is 0.779. The van der Waals surface area contributed by atoms with Crippen molar-refractivity contribution in [2.45, 2.75) is 0 Å². The lowest BCUT2D eigenvalue weighted by Gasteiger charge is -2.04. The molecule has 0 radical (unpaired) electrons. The van der Waals surface area contributed by atoms with Gasteiger partial charge in [0.1, 0.15) is 5.92 Å². The number of Topliss-reactive ketones (excluding diaryl/α,β-unsaturated/α-hetero) is 1. The van der Waals surface area contributed by atoms with E-state index < -0.39 is 23.3 Å². The minimum absolute atomic E-state index is 0.441. The number of rotatable bonds is 3. The van der Waals surface area contributed by atoms with Crippen molar-refractivity contribution >= 4 is 51.0 Å². The standard InChI is InChI=1S/C16H10BrClO3/c17-11-4-8-15(20)16(21)13(9-11)14(19)7-3-10-1-5-12(18)6-2-10/h1-9,13H/b7-3+. The second-order valence-corrected chi connectivity index (χ2v) is 5.73. The van der Waals surface area contributed by atoms with Crippen LogP contribution >= 0.6 is 27.5 Å². The zero-order chi connectivity index (χ0) is 15.4. The predicted molar refractivity (Wildman–Crippen MR) is 85.1 cm³/mol. The zero-order valence-corrected chi connectivity index (χ0v) is 13.1. The molecule has 1 aromatic carbocycles. The lowest BCUT2D eigenvalue weighted by molar-refractivity contribution is -0.138. The van der Waals surface area contributed by atoms with E-state index in [0.29, 0.717) is 9.51 Å². The summed E-state index contributed by atoms with van der Waals surface area (Å²) >= 11 is 8.96. The van der Waals surface area contributed by atoms with Gasteiger partial charge in [0, 0.05) is 9.51 Å². The Hall–Kier alpha value is -1.78. The molecule has 1 aliphatic carbocycles. The molecule has 3 nitrogen and oxygen atoms in total. The molecule has 1 aromatic rings. The fraction of sp³-hybridized carbons (Fsp3) is 0.0625. The van der Waals surface area contributed by atoms with Crippen LogP contribution in [0.4, 0.5) is 0 Å². The highest BCUT2D eigenvalue weighted by atomic mass is 79.9. The molecule has 1 unspecified atom stereocenters. The van der Waals surface area contributed by atoms with Gasteiger partial charge in [0.05, 0.1) is 0 Å². The van der Waals surface area contributed by atoms with E-state index in [-0.39, 0.29) is 0 Å². The van der Waals surface area contributed by atoms with Crippen LogP contribution in [0.2, 0.25) is 5.02 Å². The lowest BCUT2D eigenvalue weighted by atomic mass is 9.96. The number of carbonyl (C=O) groups is 3. The van der Waals surface area contributed by atoms with Gasteiger partial charge >= 0.3 is 0 Å². The van der Waals surface area contributed by atoms with Crippen LogP contribution in [0.25, 0.3) is 6.08 Å². The maximum atomic E-state index is 12.1. The molecule has 1 atom stereocenters. The van der Waals surface area contributed by atoms with Crippen LogP contribution in [0.1, 0.15) is 5.56 Å². The Kier molecular flexibility index (Phi) is 5.04. The van der Waals surface area contributed by atoms with Crippen LogP contribution in [0.3, 0.4) is 0 Å². The monoisotopic (exact) mass is 364 g/mol. The fourth-order valence-electron chi connectivity index (χ4n) is 1.75. The molecule has 5 heteroatoms. The Balaban J connectivity index is 2.19. The van der Waals surface area contributed by atoms with Crippen LogP contribution in [0, 0.1) is 5.92 Å². The van der Waals surface area contributed by atoms with Crippen molar-refractivity contribution in [3.8, 4) is 0 Å². The van der Waals surface area contributed by atoms with Crippen LogP contribution < -0.4 is 0 Å². The Labute approximate surface area is 135 Å². The van der Waals surface area contributed by atoms with Gasteiger partial charge in [-0.1, -0.05) is 51.8 Å². The van der Waals surface area contributed by atoms with Gasteiger partial charge in [0.25, 0.3) is 0 Å². The van der Waals surface area contributed by atoms with Crippen LogP contribution in [0.15, 0.2) is 53.1 Å². The molecule has 0 N–H and O–H groups in total. The first-order valence-electron chi connectivity index (χ1n) is 6.08. The van der Waals surface area contributed by atoms with E-state index in [1.54, 1.807) is 30.3 Å². The quantitative estimate of drug-likeness (QED) is 0.468. The summed E-state index contributed by atoms with van der Waals surface area (Å²) in [7, 11) is 0. The molecule has 0 saturated carbocycles. The number of allylic oxidation sites excluding steroid dienone is 5. The summed E-state index contributed by atoms with van der Waals surface area (Å²) < 4.78 is 0.528. The first-order valence-corrected chi connectivity index (χ1v) is 7.25. The van der Waals surface area contributed by atoms with Crippen LogP contribution in [-0.2, 0) is 14.4 Å². The zero-order valence-electron chi connectivity index (χ0n) is 10.8. The third-order valence-corrected chi connectivity index (χ3v) is 3.64. The molecule has 2 rings (SSSR count). The second-order valence-electron chi connectivity index (χ2n) is 4.38. The summed E-state index contributed by atoms with van der Waals surface area (Å²) in [6.07, 6.45) is 6.91. The van der Waals surface area contributed by atoms with Crippen molar-refractivity contribution in [1.82, 2.24) is 0 Å². The summed E-state index contributed by atoms with van der Waals surface area (Å²) in [6, 6.07) is 6.90. The number of hydrogen-bond donors (Lipinski definition) is 0. The molecular formula is C16H10BrClO3. The third-order valence-electron chi connectivity index (χ3n) is 2.86. The average molecular weight is 366 g/mol. The van der Waals surface area contributed by atoms with Gasteiger partial charge in [-0.15, -0.1) is 0 Å². The summed E-state index contributed by atoms with van der Waals surface area (Å²) in [6.45, 7) is 0. The molecule has 1 aliphatic rings. The van der Waals surface area contributed by atoms with Crippen LogP contribution in [0.5, 0.6) is 0 Å². The minimum Gasteiger partial charge on any atom is -0.294 e. The Bertz CT molecular complexity index is 684. The van der Waals surface area contributed by atoms with Crippen molar-refractivity contribution in [3.63, 3.8) is 0 Å². The number of halogens is 2. The highest BCUT2D eigenvalue weighted by Gasteiger charge is 2.28. The molecule has 0 bridgehead atoms. The van der Waals surface area contributed by atoms with Gasteiger partial charge in [-0.3, -0.25) is 14.4 Å². The third kappa shape index (κ3) is 4.09. The SMILES string of the molecule is O=C1C=CC(Br)=CC(C(=O)/C=C/c2ccc(Cl)cc2)C1=O. The van der Waals surface area contributed by atoms with Gasteiger partial charge < -0.3 is 0 Å². The summed E-state index contributed by atoms with van der Waals surface area (Å²) in [5, 5.41) is 0.598. The van der Waals surface area contributed by atoms with Gasteiger partial charge in [-0.2, -0.15) is 0 Å². The first-order chi connectivity index (χ1) is 9.97. The molecule has 0 aliphatic heterocycles. The van der Waals surface area contributed by atoms with Crippen molar-refractivity contribution < 1.29 is 14.4 Å². The molecule has 0 heterocycles. The van der Waals surface area contributed by atoms with Crippen molar-refractivity contribution in [2.24, 2.45) is 5.92 Å². The van der Waals surface area contributed by atoms with E-state index in [9.17, 15) is 14.4 Å². The highest BCUT2D eigenvalue weighted by molar-refractivity contribution is 9.11. The van der Waals surface area contributed by atoms with E-state index >= 15 is 0 Å². The van der Waals surface area contributed by atoms with Crippen molar-refractivity contribution in [3.05, 3.63) is 63.6 Å². The fourth-order valence-corrected chi connectivity index (χ4v) is 2.27. The molecule has 0 aromatic heterocycles. The normalized spacial score (nSPS) is 18.8. The molecule has 21 heavy (non-hydrogen) atoms. The summed E-state index contributed by atoms with van der Waals surface area (Å²) in [5.74, 6) is -2.94. The van der Waals surface area contributed by atoms with E-state index in [2.05, 4.69) is 15.9 Å². The molecular weight excluding hydrogens is 356 g/mol. The molecule has 106 valence electrons. The van der Waals surface area contributed by atoms with Crippen molar-refractivity contribution in [1.29, 1.82) is 0 Å². The number of hydrogen-bond acceptors (Lipinski definition) is 3. The largest absolute Gasteiger partial charge is 0.294 e. The topological polar surface area (TPSA) is 51.2 Å². The van der Waals surface area contributed by atoms with Gasteiger partial charge in [0.15, 0.2) is 5.78 Å². The molecule has 0 amide bonds. The smallest absolute Gasteiger partial charge is 0.222 e. The number of ketones is 3. The summed E-state index contributed by atoms with van der Waals surface area (Å²) in [4.78, 5) is 35.5. The Morgan fingerprint density at radius 3 is 2.48 bits per heavy atom. The minimum atomic E-state index is -1.09. The molecule has 0 spiro atoms. The van der Waals surface area contributed by atoms with Gasteiger partial charge in [-0.25, -0.2) is 0 Å². The van der Waals surface area contributed by atoms with Gasteiger partial charge in [0.2, 0.25) is 11.6 Å². The van der Waals surface area contributed by atoms with E-state index in [1.807, 2.05) is 0 Å². The number of carbonyl (C=O) groups excluding carboxylic acids is 3. The van der Waals surface area contributed by atoms with E-state index in [0.717, 1.165) is 11.6 Å². The van der Waals surface area contributed by atoms with Crippen molar-refractivity contribution in [2.75, 3.05) is 0 Å². The maximum Gasteiger partial charge on any atom is 0.222 e. The second kappa shape index (κ2) is 6.78. The van der Waals surface area contributed by atoms with E-state index in [4.69, 9.17) is 11.6 Å². The number of benzene rings is 1. The average Bonchev–Trinajstić information content (AvgIpc) is 2.60. The predicted octanol–water partition coefficient (Wildman–Crippen LogP) is 3.53. The highest BCUT2D eigenvalue weighted by Crippen LogP contribution is 2.19. The lowest BCUT2D eigenvalue weighted by Crippen LogP contribution is -2.26. The molecule has 0 fully saturated rings. The molecule has 0 saturated heterocycles. The van der Waals surface area contributed by atoms with E-state index in [1.165, 1.54) is 18.2 Å². The first kappa shape index (κ1) is 15.6. The van der Waals surface area contributed by atoms with Gasteiger partial charge in [-0.05, 0) is 35.9 Å².